The highest BCUT2D eigenvalue weighted by Gasteiger charge is 2.17. The van der Waals surface area contributed by atoms with E-state index in [-0.39, 0.29) is 12.5 Å². The number of aliphatic carboxylic acids is 1. The molecule has 156 valence electrons. The van der Waals surface area contributed by atoms with Crippen molar-refractivity contribution in [1.82, 2.24) is 4.98 Å². The lowest BCUT2D eigenvalue weighted by atomic mass is 10.2. The molecule has 0 saturated heterocycles. The molecule has 4 rings (SSSR count). The summed E-state index contributed by atoms with van der Waals surface area (Å²) in [4.78, 5) is 15.2. The number of ether oxygens (including phenoxy) is 3. The van der Waals surface area contributed by atoms with E-state index in [0.29, 0.717) is 30.4 Å². The van der Waals surface area contributed by atoms with Gasteiger partial charge in [-0.3, -0.25) is 4.79 Å². The lowest BCUT2D eigenvalue weighted by Gasteiger charge is -2.07. The molecule has 1 aliphatic heterocycles. The zero-order valence-corrected chi connectivity index (χ0v) is 17.2. The lowest BCUT2D eigenvalue weighted by Crippen LogP contribution is -2.03. The standard InChI is InChI=1S/C22H21NO6S/c1-14-18(23-22(29-14)16-5-6-19-20(10-16)28-13-27-19)7-8-26-17-4-2-3-15(9-17)11-30-12-21(24)25/h2-6,9-10H,7-8,11-13H2,1H3,(H,24,25). The minimum Gasteiger partial charge on any atom is -0.493 e. The van der Waals surface area contributed by atoms with Crippen LogP contribution in [0.25, 0.3) is 11.5 Å². The summed E-state index contributed by atoms with van der Waals surface area (Å²) < 4.78 is 22.4. The number of rotatable bonds is 9. The van der Waals surface area contributed by atoms with Crippen molar-refractivity contribution in [2.45, 2.75) is 19.1 Å². The van der Waals surface area contributed by atoms with Crippen LogP contribution in [0.15, 0.2) is 46.9 Å². The van der Waals surface area contributed by atoms with Gasteiger partial charge in [0.15, 0.2) is 11.5 Å². The molecule has 0 saturated carbocycles. The first-order valence-electron chi connectivity index (χ1n) is 9.46. The molecule has 0 atom stereocenters. The van der Waals surface area contributed by atoms with Gasteiger partial charge < -0.3 is 23.7 Å². The quantitative estimate of drug-likeness (QED) is 0.540. The Hall–Kier alpha value is -3.13. The van der Waals surface area contributed by atoms with Crippen molar-refractivity contribution < 1.29 is 28.5 Å². The number of oxazole rings is 1. The summed E-state index contributed by atoms with van der Waals surface area (Å²) in [6.07, 6.45) is 0.609. The number of aromatic nitrogens is 1. The zero-order valence-electron chi connectivity index (χ0n) is 16.4. The van der Waals surface area contributed by atoms with Crippen molar-refractivity contribution in [2.75, 3.05) is 19.2 Å². The van der Waals surface area contributed by atoms with Crippen LogP contribution in [-0.2, 0) is 17.0 Å². The Morgan fingerprint density at radius 1 is 1.20 bits per heavy atom. The van der Waals surface area contributed by atoms with Crippen molar-refractivity contribution in [3.05, 3.63) is 59.5 Å². The highest BCUT2D eigenvalue weighted by Crippen LogP contribution is 2.36. The molecule has 1 aromatic heterocycles. The molecule has 0 amide bonds. The molecule has 8 heteroatoms. The van der Waals surface area contributed by atoms with E-state index >= 15 is 0 Å². The Balaban J connectivity index is 1.34. The van der Waals surface area contributed by atoms with Gasteiger partial charge in [0.25, 0.3) is 0 Å². The molecule has 0 spiro atoms. The van der Waals surface area contributed by atoms with E-state index in [9.17, 15) is 4.79 Å². The molecule has 0 aliphatic carbocycles. The Kier molecular flexibility index (Phi) is 6.13. The van der Waals surface area contributed by atoms with Gasteiger partial charge in [-0.2, -0.15) is 0 Å². The largest absolute Gasteiger partial charge is 0.493 e. The third kappa shape index (κ3) is 4.88. The minimum atomic E-state index is -0.810. The fraction of sp³-hybridized carbons (Fsp3) is 0.273. The van der Waals surface area contributed by atoms with E-state index in [1.807, 2.05) is 49.4 Å². The van der Waals surface area contributed by atoms with Crippen LogP contribution in [0.4, 0.5) is 0 Å². The van der Waals surface area contributed by atoms with Crippen LogP contribution in [0.5, 0.6) is 17.2 Å². The van der Waals surface area contributed by atoms with Gasteiger partial charge in [0.2, 0.25) is 12.7 Å². The number of thioether (sulfide) groups is 1. The SMILES string of the molecule is Cc1oc(-c2ccc3c(c2)OCO3)nc1CCOc1cccc(CSCC(=O)O)c1. The smallest absolute Gasteiger partial charge is 0.313 e. The van der Waals surface area contributed by atoms with Gasteiger partial charge in [0.1, 0.15) is 11.5 Å². The molecule has 0 unspecified atom stereocenters. The van der Waals surface area contributed by atoms with Crippen LogP contribution >= 0.6 is 11.8 Å². The highest BCUT2D eigenvalue weighted by molar-refractivity contribution is 7.99. The zero-order chi connectivity index (χ0) is 20.9. The summed E-state index contributed by atoms with van der Waals surface area (Å²) in [6.45, 7) is 2.57. The van der Waals surface area contributed by atoms with E-state index in [1.165, 1.54) is 11.8 Å². The van der Waals surface area contributed by atoms with Gasteiger partial charge in [-0.15, -0.1) is 11.8 Å². The van der Waals surface area contributed by atoms with E-state index in [4.69, 9.17) is 23.7 Å². The lowest BCUT2D eigenvalue weighted by molar-refractivity contribution is -0.133. The van der Waals surface area contributed by atoms with E-state index in [1.54, 1.807) is 0 Å². The van der Waals surface area contributed by atoms with Crippen molar-refractivity contribution >= 4 is 17.7 Å². The fourth-order valence-electron chi connectivity index (χ4n) is 3.06. The number of carboxylic acids is 1. The monoisotopic (exact) mass is 427 g/mol. The average Bonchev–Trinajstić information content (AvgIpc) is 3.34. The summed E-state index contributed by atoms with van der Waals surface area (Å²) >= 11 is 1.36. The van der Waals surface area contributed by atoms with Gasteiger partial charge in [0, 0.05) is 17.7 Å². The second-order valence-corrected chi connectivity index (χ2v) is 7.71. The van der Waals surface area contributed by atoms with E-state index < -0.39 is 5.97 Å². The van der Waals surface area contributed by atoms with Crippen LogP contribution in [0.1, 0.15) is 17.0 Å². The number of nitrogens with zero attached hydrogens (tertiary/aromatic N) is 1. The molecule has 1 aliphatic rings. The van der Waals surface area contributed by atoms with Gasteiger partial charge in [0.05, 0.1) is 18.1 Å². The van der Waals surface area contributed by atoms with Crippen LogP contribution in [0, 0.1) is 6.92 Å². The van der Waals surface area contributed by atoms with Crippen molar-refractivity contribution in [1.29, 1.82) is 0 Å². The third-order valence-corrected chi connectivity index (χ3v) is 5.50. The Labute approximate surface area is 178 Å². The first-order chi connectivity index (χ1) is 14.6. The molecular weight excluding hydrogens is 406 g/mol. The number of benzene rings is 2. The van der Waals surface area contributed by atoms with Crippen LogP contribution < -0.4 is 14.2 Å². The topological polar surface area (TPSA) is 91.0 Å². The van der Waals surface area contributed by atoms with E-state index in [0.717, 1.165) is 34.1 Å². The summed E-state index contributed by atoms with van der Waals surface area (Å²) in [5, 5.41) is 8.74. The molecule has 2 heterocycles. The molecular formula is C22H21NO6S. The molecule has 1 N–H and O–H groups in total. The van der Waals surface area contributed by atoms with Gasteiger partial charge in [-0.1, -0.05) is 12.1 Å². The predicted molar refractivity (Wildman–Crippen MR) is 112 cm³/mol. The average molecular weight is 427 g/mol. The second-order valence-electron chi connectivity index (χ2n) is 6.72. The second kappa shape index (κ2) is 9.13. The van der Waals surface area contributed by atoms with Crippen molar-refractivity contribution in [2.24, 2.45) is 0 Å². The number of fused-ring (bicyclic) bond motifs is 1. The molecule has 0 radical (unpaired) electrons. The highest BCUT2D eigenvalue weighted by atomic mass is 32.2. The first-order valence-corrected chi connectivity index (χ1v) is 10.6. The number of hydrogen-bond acceptors (Lipinski definition) is 7. The number of aryl methyl sites for hydroxylation is 1. The Bertz CT molecular complexity index is 1050. The molecule has 2 aromatic carbocycles. The van der Waals surface area contributed by atoms with Crippen LogP contribution in [-0.4, -0.2) is 35.2 Å². The molecule has 0 fully saturated rings. The van der Waals surface area contributed by atoms with Crippen LogP contribution in [0.2, 0.25) is 0 Å². The van der Waals surface area contributed by atoms with Gasteiger partial charge in [-0.25, -0.2) is 4.98 Å². The van der Waals surface area contributed by atoms with Crippen molar-refractivity contribution in [3.8, 4) is 28.7 Å². The van der Waals surface area contributed by atoms with Gasteiger partial charge >= 0.3 is 5.97 Å². The molecule has 7 nitrogen and oxygen atoms in total. The number of hydrogen-bond donors (Lipinski definition) is 1. The molecule has 3 aromatic rings. The fourth-order valence-corrected chi connectivity index (χ4v) is 3.75. The number of carboxylic acid groups (broad SMARTS) is 1. The van der Waals surface area contributed by atoms with E-state index in [2.05, 4.69) is 4.98 Å². The predicted octanol–water partition coefficient (Wildman–Crippen LogP) is 4.32. The molecule has 30 heavy (non-hydrogen) atoms. The summed E-state index contributed by atoms with van der Waals surface area (Å²) in [5.41, 5.74) is 2.71. The van der Waals surface area contributed by atoms with Gasteiger partial charge in [-0.05, 0) is 42.8 Å². The molecule has 0 bridgehead atoms. The summed E-state index contributed by atoms with van der Waals surface area (Å²) in [7, 11) is 0. The third-order valence-electron chi connectivity index (χ3n) is 4.51. The maximum Gasteiger partial charge on any atom is 0.313 e. The minimum absolute atomic E-state index is 0.0855. The number of carbonyl (C=O) groups is 1. The Morgan fingerprint density at radius 3 is 2.93 bits per heavy atom. The summed E-state index contributed by atoms with van der Waals surface area (Å²) in [5.74, 6) is 3.36. The van der Waals surface area contributed by atoms with Crippen molar-refractivity contribution in [3.63, 3.8) is 0 Å². The maximum absolute atomic E-state index is 10.6. The maximum atomic E-state index is 10.6. The van der Waals surface area contributed by atoms with Crippen LogP contribution in [0.3, 0.4) is 0 Å². The normalized spacial score (nSPS) is 12.2. The first kappa shape index (κ1) is 20.2. The Morgan fingerprint density at radius 2 is 2.07 bits per heavy atom. The summed E-state index contributed by atoms with van der Waals surface area (Å²) in [6, 6.07) is 13.3.